The third kappa shape index (κ3) is 5.88. The highest BCUT2D eigenvalue weighted by Crippen LogP contribution is 2.13. The average Bonchev–Trinajstić information content (AvgIpc) is 2.42. The van der Waals surface area contributed by atoms with Crippen LogP contribution < -0.4 is 0 Å². The molecule has 0 spiro atoms. The van der Waals surface area contributed by atoms with Crippen molar-refractivity contribution in [3.05, 3.63) is 29.9 Å². The number of hydrogen-bond acceptors (Lipinski definition) is 7. The highest BCUT2D eigenvalue weighted by molar-refractivity contribution is 6.15. The minimum atomic E-state index is -1.06. The van der Waals surface area contributed by atoms with E-state index in [4.69, 9.17) is 4.74 Å². The van der Waals surface area contributed by atoms with Gasteiger partial charge >= 0.3 is 11.9 Å². The number of hydrogen-bond donors (Lipinski definition) is 0. The van der Waals surface area contributed by atoms with Crippen LogP contribution in [0.5, 0.6) is 0 Å². The Bertz CT molecular complexity index is 457. The minimum Gasteiger partial charge on any atom is -0.493 e. The maximum atomic E-state index is 11.7. The molecule has 0 aliphatic carbocycles. The van der Waals surface area contributed by atoms with Crippen LogP contribution in [0.2, 0.25) is 0 Å². The van der Waals surface area contributed by atoms with Crippen LogP contribution in [0.15, 0.2) is 29.9 Å². The fourth-order valence-electron chi connectivity index (χ4n) is 1.10. The van der Waals surface area contributed by atoms with E-state index < -0.39 is 17.5 Å². The molecule has 7 nitrogen and oxygen atoms in total. The number of allylic oxidation sites excluding steroid dienone is 1. The number of nitrogens with zero attached hydrogens (tertiary/aromatic N) is 1. The van der Waals surface area contributed by atoms with Crippen LogP contribution in [0.4, 0.5) is 0 Å². The van der Waals surface area contributed by atoms with Gasteiger partial charge in [0.1, 0.15) is 5.76 Å². The Morgan fingerprint density at radius 3 is 2.35 bits per heavy atom. The van der Waals surface area contributed by atoms with Crippen LogP contribution in [-0.2, 0) is 28.6 Å². The molecular weight excluding hydrogens is 266 g/mol. The molecule has 0 saturated heterocycles. The van der Waals surface area contributed by atoms with Crippen molar-refractivity contribution in [3.63, 3.8) is 0 Å². The Morgan fingerprint density at radius 1 is 1.25 bits per heavy atom. The summed E-state index contributed by atoms with van der Waals surface area (Å²) in [7, 11) is 4.63. The lowest BCUT2D eigenvalue weighted by Crippen LogP contribution is -2.19. The van der Waals surface area contributed by atoms with Crippen molar-refractivity contribution in [3.8, 4) is 0 Å². The Morgan fingerprint density at radius 2 is 1.90 bits per heavy atom. The monoisotopic (exact) mass is 283 g/mol. The number of rotatable bonds is 7. The van der Waals surface area contributed by atoms with Crippen LogP contribution in [0.25, 0.3) is 0 Å². The second-order valence-corrected chi connectivity index (χ2v) is 3.58. The minimum absolute atomic E-state index is 0.0163. The summed E-state index contributed by atoms with van der Waals surface area (Å²) < 4.78 is 14.2. The lowest BCUT2D eigenvalue weighted by atomic mass is 10.2. The molecule has 0 radical (unpaired) electrons. The fraction of sp³-hybridized carbons (Fsp3) is 0.385. The lowest BCUT2D eigenvalue weighted by molar-refractivity contribution is -0.143. The summed E-state index contributed by atoms with van der Waals surface area (Å²) in [5.74, 6) is -0.737. The van der Waals surface area contributed by atoms with E-state index in [0.29, 0.717) is 6.26 Å². The Balaban J connectivity index is 5.67. The predicted molar refractivity (Wildman–Crippen MR) is 69.9 cm³/mol. The second-order valence-electron chi connectivity index (χ2n) is 3.58. The first-order valence-corrected chi connectivity index (χ1v) is 5.68. The number of carbonyl (C=O) groups excluding carboxylic acids is 3. The first kappa shape index (κ1) is 17.5. The number of esters is 2. The summed E-state index contributed by atoms with van der Waals surface area (Å²) in [6.07, 6.45) is 3.50. The highest BCUT2D eigenvalue weighted by atomic mass is 16.5. The maximum absolute atomic E-state index is 11.7. The quantitative estimate of drug-likeness (QED) is 0.127. The van der Waals surface area contributed by atoms with E-state index in [1.54, 1.807) is 32.1 Å². The van der Waals surface area contributed by atoms with Crippen molar-refractivity contribution in [2.45, 2.75) is 6.92 Å². The number of ether oxygens (including phenoxy) is 3. The van der Waals surface area contributed by atoms with Gasteiger partial charge in [-0.3, -0.25) is 0 Å². The number of methoxy groups -OCH3 is 1. The summed E-state index contributed by atoms with van der Waals surface area (Å²) in [6, 6.07) is 0. The van der Waals surface area contributed by atoms with Crippen molar-refractivity contribution >= 4 is 17.9 Å². The van der Waals surface area contributed by atoms with Gasteiger partial charge in [0.05, 0.1) is 13.7 Å². The van der Waals surface area contributed by atoms with Crippen molar-refractivity contribution in [2.75, 3.05) is 27.8 Å². The zero-order valence-corrected chi connectivity index (χ0v) is 11.8. The van der Waals surface area contributed by atoms with Gasteiger partial charge in [-0.25, -0.2) is 14.4 Å². The van der Waals surface area contributed by atoms with Gasteiger partial charge in [0.25, 0.3) is 0 Å². The zero-order chi connectivity index (χ0) is 15.5. The third-order valence-corrected chi connectivity index (χ3v) is 1.88. The molecule has 0 aliphatic heterocycles. The Kier molecular flexibility index (Phi) is 8.22. The van der Waals surface area contributed by atoms with Crippen molar-refractivity contribution in [1.82, 2.24) is 4.90 Å². The lowest BCUT2D eigenvalue weighted by Gasteiger charge is -2.11. The zero-order valence-electron chi connectivity index (χ0n) is 11.8. The molecule has 7 heteroatoms. The molecule has 0 aromatic heterocycles. The fourth-order valence-corrected chi connectivity index (χ4v) is 1.10. The van der Waals surface area contributed by atoms with Crippen LogP contribution >= 0.6 is 0 Å². The molecule has 0 N–H and O–H groups in total. The summed E-state index contributed by atoms with van der Waals surface area (Å²) in [5.41, 5.74) is -0.445. The normalized spacial score (nSPS) is 11.2. The molecule has 110 valence electrons. The maximum Gasteiger partial charge on any atom is 0.354 e. The topological polar surface area (TPSA) is 82.1 Å². The van der Waals surface area contributed by atoms with E-state index >= 15 is 0 Å². The van der Waals surface area contributed by atoms with E-state index in [1.807, 2.05) is 0 Å². The largest absolute Gasteiger partial charge is 0.493 e. The molecule has 0 bridgehead atoms. The molecule has 0 heterocycles. The molecule has 0 amide bonds. The van der Waals surface area contributed by atoms with Gasteiger partial charge in [0, 0.05) is 20.3 Å². The van der Waals surface area contributed by atoms with E-state index in [9.17, 15) is 14.4 Å². The molecule has 0 unspecified atom stereocenters. The smallest absolute Gasteiger partial charge is 0.354 e. The van der Waals surface area contributed by atoms with E-state index in [1.165, 1.54) is 12.0 Å². The molecule has 0 rings (SSSR count). The van der Waals surface area contributed by atoms with E-state index in [0.717, 1.165) is 7.11 Å². The Labute approximate surface area is 117 Å². The van der Waals surface area contributed by atoms with Gasteiger partial charge in [-0.2, -0.15) is 0 Å². The molecule has 0 fully saturated rings. The van der Waals surface area contributed by atoms with Crippen molar-refractivity contribution in [1.29, 1.82) is 0 Å². The molecule has 0 aromatic rings. The van der Waals surface area contributed by atoms with Crippen LogP contribution in [0.1, 0.15) is 6.92 Å². The predicted octanol–water partition coefficient (Wildman–Crippen LogP) is 0.414. The molecule has 0 atom stereocenters. The molecule has 0 saturated carbocycles. The summed E-state index contributed by atoms with van der Waals surface area (Å²) in [6.45, 7) is 1.92. The molecule has 20 heavy (non-hydrogen) atoms. The Hall–Kier alpha value is -2.53. The van der Waals surface area contributed by atoms with Crippen molar-refractivity contribution < 1.29 is 28.6 Å². The van der Waals surface area contributed by atoms with E-state index in [2.05, 4.69) is 9.47 Å². The number of carbonyl (C=O) groups is 2. The van der Waals surface area contributed by atoms with Gasteiger partial charge in [0.2, 0.25) is 0 Å². The summed E-state index contributed by atoms with van der Waals surface area (Å²) in [4.78, 5) is 35.1. The van der Waals surface area contributed by atoms with Crippen LogP contribution in [-0.4, -0.2) is 50.6 Å². The van der Waals surface area contributed by atoms with Gasteiger partial charge in [0.15, 0.2) is 17.8 Å². The summed E-state index contributed by atoms with van der Waals surface area (Å²) in [5, 5.41) is 0. The van der Waals surface area contributed by atoms with Gasteiger partial charge in [-0.05, 0) is 13.0 Å². The highest BCUT2D eigenvalue weighted by Gasteiger charge is 2.26. The average molecular weight is 283 g/mol. The van der Waals surface area contributed by atoms with Gasteiger partial charge in [-0.1, -0.05) is 0 Å². The standard InChI is InChI=1S/C13H17NO6/c1-5-19-10(6-7-14(2)3)11(12(16)18-4)13(17)20-9-8-15/h6-7,9H,5H2,1-4H3. The molecular formula is C13H17NO6. The first-order valence-electron chi connectivity index (χ1n) is 5.68. The van der Waals surface area contributed by atoms with Gasteiger partial charge < -0.3 is 19.1 Å². The third-order valence-electron chi connectivity index (χ3n) is 1.88. The summed E-state index contributed by atoms with van der Waals surface area (Å²) >= 11 is 0. The van der Waals surface area contributed by atoms with Crippen LogP contribution in [0, 0.1) is 0 Å². The molecule has 0 aliphatic rings. The van der Waals surface area contributed by atoms with Gasteiger partial charge in [-0.15, -0.1) is 0 Å². The van der Waals surface area contributed by atoms with E-state index in [-0.39, 0.29) is 12.4 Å². The SMILES string of the molecule is CCOC(C=CN(C)C)=C(C(=O)OC)C(=O)OC=C=O. The first-order chi connectivity index (χ1) is 9.47. The molecule has 0 aromatic carbocycles. The second kappa shape index (κ2) is 9.41. The van der Waals surface area contributed by atoms with Crippen LogP contribution in [0.3, 0.4) is 0 Å². The van der Waals surface area contributed by atoms with Crippen molar-refractivity contribution in [2.24, 2.45) is 0 Å².